The normalized spacial score (nSPS) is 27.7. The number of nitrogens with one attached hydrogen (secondary N) is 1. The molecule has 152 valence electrons. The van der Waals surface area contributed by atoms with Gasteiger partial charge < -0.3 is 15.0 Å². The second-order valence-corrected chi connectivity index (χ2v) is 9.23. The summed E-state index contributed by atoms with van der Waals surface area (Å²) in [5.41, 5.74) is 0.889. The molecule has 0 amide bonds. The van der Waals surface area contributed by atoms with Crippen molar-refractivity contribution >= 4 is 39.0 Å². The Hall–Kier alpha value is -1.06. The standard InChI is InChI=1S/C19H25ClFN5OS/c20-19-23-14-10-15(28-17(14)18(24-19)25-6-8-27-9-7-25)16(13-3-4-22-13)26-5-1-2-12(21)11-26/h10,12-13,16,22H,1-9,11H2. The Balaban J connectivity index is 1.53. The van der Waals surface area contributed by atoms with Crippen LogP contribution in [-0.4, -0.2) is 73.0 Å². The van der Waals surface area contributed by atoms with E-state index in [4.69, 9.17) is 16.3 Å². The number of halogens is 2. The molecule has 28 heavy (non-hydrogen) atoms. The van der Waals surface area contributed by atoms with Crippen molar-refractivity contribution in [3.8, 4) is 0 Å². The molecule has 3 saturated heterocycles. The lowest BCUT2D eigenvalue weighted by Crippen LogP contribution is -2.54. The van der Waals surface area contributed by atoms with E-state index in [0.717, 1.165) is 55.1 Å². The summed E-state index contributed by atoms with van der Waals surface area (Å²) in [5, 5.41) is 3.82. The van der Waals surface area contributed by atoms with Gasteiger partial charge in [0.15, 0.2) is 5.82 Å². The zero-order valence-electron chi connectivity index (χ0n) is 15.7. The average molecular weight is 426 g/mol. The number of ether oxygens (including phenoxy) is 1. The molecule has 0 aromatic carbocycles. The first-order valence-electron chi connectivity index (χ1n) is 10.1. The molecule has 5 rings (SSSR count). The maximum Gasteiger partial charge on any atom is 0.224 e. The Morgan fingerprint density at radius 2 is 2.07 bits per heavy atom. The van der Waals surface area contributed by atoms with E-state index < -0.39 is 6.17 Å². The van der Waals surface area contributed by atoms with Crippen molar-refractivity contribution in [2.45, 2.75) is 37.5 Å². The van der Waals surface area contributed by atoms with E-state index in [-0.39, 0.29) is 11.3 Å². The predicted molar refractivity (Wildman–Crippen MR) is 110 cm³/mol. The van der Waals surface area contributed by atoms with Crippen molar-refractivity contribution in [1.82, 2.24) is 20.2 Å². The lowest BCUT2D eigenvalue weighted by Gasteiger charge is -2.43. The molecular weight excluding hydrogens is 401 g/mol. The Bertz CT molecular complexity index is 841. The number of likely N-dealkylation sites (tertiary alicyclic amines) is 1. The molecule has 0 spiro atoms. The molecule has 3 aliphatic rings. The first-order valence-corrected chi connectivity index (χ1v) is 11.3. The van der Waals surface area contributed by atoms with Crippen LogP contribution in [0.5, 0.6) is 0 Å². The third-order valence-corrected chi connectivity index (χ3v) is 7.34. The zero-order valence-corrected chi connectivity index (χ0v) is 17.3. The van der Waals surface area contributed by atoms with E-state index in [9.17, 15) is 4.39 Å². The minimum atomic E-state index is -0.733. The van der Waals surface area contributed by atoms with Gasteiger partial charge in [0.2, 0.25) is 5.28 Å². The molecule has 3 fully saturated rings. The Morgan fingerprint density at radius 1 is 1.25 bits per heavy atom. The van der Waals surface area contributed by atoms with Crippen molar-refractivity contribution in [3.63, 3.8) is 0 Å². The molecule has 3 aliphatic heterocycles. The van der Waals surface area contributed by atoms with Crippen LogP contribution in [0.3, 0.4) is 0 Å². The largest absolute Gasteiger partial charge is 0.378 e. The second kappa shape index (κ2) is 7.99. The molecular formula is C19H25ClFN5OS. The Kier molecular flexibility index (Phi) is 5.40. The number of anilines is 1. The van der Waals surface area contributed by atoms with Crippen LogP contribution in [0.4, 0.5) is 10.2 Å². The van der Waals surface area contributed by atoms with Gasteiger partial charge >= 0.3 is 0 Å². The highest BCUT2D eigenvalue weighted by molar-refractivity contribution is 7.19. The molecule has 2 aromatic heterocycles. The highest BCUT2D eigenvalue weighted by Gasteiger charge is 2.36. The number of thiophene rings is 1. The second-order valence-electron chi connectivity index (χ2n) is 7.81. The quantitative estimate of drug-likeness (QED) is 0.760. The monoisotopic (exact) mass is 425 g/mol. The summed E-state index contributed by atoms with van der Waals surface area (Å²) in [4.78, 5) is 14.8. The van der Waals surface area contributed by atoms with E-state index in [1.807, 2.05) is 0 Å². The number of aromatic nitrogens is 2. The van der Waals surface area contributed by atoms with Crippen LogP contribution in [0.2, 0.25) is 5.28 Å². The van der Waals surface area contributed by atoms with Crippen LogP contribution in [-0.2, 0) is 4.74 Å². The van der Waals surface area contributed by atoms with Gasteiger partial charge in [-0.25, -0.2) is 9.37 Å². The fourth-order valence-electron chi connectivity index (χ4n) is 4.46. The third kappa shape index (κ3) is 3.61. The fourth-order valence-corrected chi connectivity index (χ4v) is 5.95. The first-order chi connectivity index (χ1) is 13.7. The van der Waals surface area contributed by atoms with E-state index in [0.29, 0.717) is 32.2 Å². The molecule has 2 aromatic rings. The molecule has 0 radical (unpaired) electrons. The number of morpholine rings is 1. The number of nitrogens with zero attached hydrogens (tertiary/aromatic N) is 4. The van der Waals surface area contributed by atoms with Crippen LogP contribution >= 0.6 is 22.9 Å². The summed E-state index contributed by atoms with van der Waals surface area (Å²) >= 11 is 7.99. The molecule has 0 saturated carbocycles. The highest BCUT2D eigenvalue weighted by Crippen LogP contribution is 2.41. The molecule has 9 heteroatoms. The van der Waals surface area contributed by atoms with Crippen molar-refractivity contribution in [1.29, 1.82) is 0 Å². The summed E-state index contributed by atoms with van der Waals surface area (Å²) in [7, 11) is 0. The molecule has 3 atom stereocenters. The lowest BCUT2D eigenvalue weighted by atomic mass is 9.93. The van der Waals surface area contributed by atoms with E-state index in [2.05, 4.69) is 31.2 Å². The number of rotatable bonds is 4. The summed E-state index contributed by atoms with van der Waals surface area (Å²) in [6, 6.07) is 2.70. The number of piperidine rings is 1. The zero-order chi connectivity index (χ0) is 19.1. The van der Waals surface area contributed by atoms with Crippen molar-refractivity contribution in [2.24, 2.45) is 0 Å². The van der Waals surface area contributed by atoms with Gasteiger partial charge in [-0.1, -0.05) is 0 Å². The number of alkyl halides is 1. The molecule has 1 N–H and O–H groups in total. The summed E-state index contributed by atoms with van der Waals surface area (Å²) < 4.78 is 20.7. The van der Waals surface area contributed by atoms with Gasteiger partial charge in [0, 0.05) is 30.6 Å². The van der Waals surface area contributed by atoms with Gasteiger partial charge in [-0.15, -0.1) is 11.3 Å². The number of hydrogen-bond donors (Lipinski definition) is 1. The summed E-state index contributed by atoms with van der Waals surface area (Å²) in [6.07, 6.45) is 1.98. The number of hydrogen-bond acceptors (Lipinski definition) is 7. The van der Waals surface area contributed by atoms with Gasteiger partial charge in [-0.3, -0.25) is 4.90 Å². The lowest BCUT2D eigenvalue weighted by molar-refractivity contribution is 0.0656. The van der Waals surface area contributed by atoms with Crippen molar-refractivity contribution < 1.29 is 9.13 Å². The molecule has 6 nitrogen and oxygen atoms in total. The SMILES string of the molecule is FC1CCCN(C(c2cc3nc(Cl)nc(N4CCOCC4)c3s2)C2CCN2)C1. The molecule has 0 bridgehead atoms. The van der Waals surface area contributed by atoms with E-state index >= 15 is 0 Å². The maximum absolute atomic E-state index is 14.1. The van der Waals surface area contributed by atoms with Crippen LogP contribution in [0.15, 0.2) is 6.07 Å². The molecule has 5 heterocycles. The van der Waals surface area contributed by atoms with Gasteiger partial charge in [-0.2, -0.15) is 4.98 Å². The van der Waals surface area contributed by atoms with Gasteiger partial charge in [0.1, 0.15) is 6.17 Å². The molecule has 0 aliphatic carbocycles. The van der Waals surface area contributed by atoms with Crippen LogP contribution < -0.4 is 10.2 Å². The Labute approximate surface area is 173 Å². The van der Waals surface area contributed by atoms with Crippen molar-refractivity contribution in [3.05, 3.63) is 16.2 Å². The van der Waals surface area contributed by atoms with Crippen LogP contribution in [0, 0.1) is 0 Å². The number of fused-ring (bicyclic) bond motifs is 1. The maximum atomic E-state index is 14.1. The minimum Gasteiger partial charge on any atom is -0.378 e. The highest BCUT2D eigenvalue weighted by atomic mass is 35.5. The Morgan fingerprint density at radius 3 is 2.79 bits per heavy atom. The smallest absolute Gasteiger partial charge is 0.224 e. The van der Waals surface area contributed by atoms with Crippen LogP contribution in [0.25, 0.3) is 10.2 Å². The van der Waals surface area contributed by atoms with Gasteiger partial charge in [0.05, 0.1) is 29.5 Å². The predicted octanol–water partition coefficient (Wildman–Crippen LogP) is 3.02. The van der Waals surface area contributed by atoms with Gasteiger partial charge in [0.25, 0.3) is 0 Å². The third-order valence-electron chi connectivity index (χ3n) is 5.98. The summed E-state index contributed by atoms with van der Waals surface area (Å²) in [5.74, 6) is 0.900. The van der Waals surface area contributed by atoms with Crippen LogP contribution in [0.1, 0.15) is 30.2 Å². The van der Waals surface area contributed by atoms with E-state index in [1.54, 1.807) is 11.3 Å². The summed E-state index contributed by atoms with van der Waals surface area (Å²) in [6.45, 7) is 5.49. The van der Waals surface area contributed by atoms with E-state index in [1.165, 1.54) is 4.88 Å². The topological polar surface area (TPSA) is 53.5 Å². The molecule has 3 unspecified atom stereocenters. The first kappa shape index (κ1) is 18.9. The van der Waals surface area contributed by atoms with Crippen molar-refractivity contribution in [2.75, 3.05) is 50.8 Å². The minimum absolute atomic E-state index is 0.183. The average Bonchev–Trinajstić information content (AvgIpc) is 3.07. The van der Waals surface area contributed by atoms with Gasteiger partial charge in [-0.05, 0) is 50.0 Å². The fraction of sp³-hybridized carbons (Fsp3) is 0.684.